The number of benzene rings is 1. The van der Waals surface area contributed by atoms with Crippen molar-refractivity contribution in [2.24, 2.45) is 5.92 Å². The number of halogens is 3. The van der Waals surface area contributed by atoms with E-state index in [0.29, 0.717) is 17.9 Å². The smallest absolute Gasteiger partial charge is 0.316 e. The summed E-state index contributed by atoms with van der Waals surface area (Å²) in [4.78, 5) is 0. The minimum atomic E-state index is -4.25. The molecule has 1 aromatic carbocycles. The summed E-state index contributed by atoms with van der Waals surface area (Å²) in [5.41, 5.74) is 0.752. The van der Waals surface area contributed by atoms with Crippen molar-refractivity contribution in [2.75, 3.05) is 13.1 Å². The highest BCUT2D eigenvalue weighted by atomic mass is 19.4. The van der Waals surface area contributed by atoms with Crippen LogP contribution in [0.25, 0.3) is 0 Å². The molecule has 4 heteroatoms. The van der Waals surface area contributed by atoms with Crippen LogP contribution in [0.1, 0.15) is 29.5 Å². The lowest BCUT2D eigenvalue weighted by molar-refractivity contribution is -0.138. The Morgan fingerprint density at radius 3 is 2.72 bits per heavy atom. The van der Waals surface area contributed by atoms with Gasteiger partial charge in [-0.15, -0.1) is 0 Å². The maximum atomic E-state index is 13.0. The predicted octanol–water partition coefficient (Wildman–Crippen LogP) is 3.56. The average Bonchev–Trinajstić information content (AvgIpc) is 2.32. The zero-order chi connectivity index (χ0) is 13.2. The lowest BCUT2D eigenvalue weighted by Crippen LogP contribution is -2.31. The van der Waals surface area contributed by atoms with Crippen LogP contribution in [0, 0.1) is 12.8 Å². The van der Waals surface area contributed by atoms with E-state index < -0.39 is 11.7 Å². The largest absolute Gasteiger partial charge is 0.416 e. The number of hydrogen-bond donors (Lipinski definition) is 1. The summed E-state index contributed by atoms with van der Waals surface area (Å²) < 4.78 is 38.9. The normalized spacial score (nSPS) is 21.0. The predicted molar refractivity (Wildman–Crippen MR) is 65.5 cm³/mol. The lowest BCUT2D eigenvalue weighted by atomic mass is 9.88. The Labute approximate surface area is 105 Å². The van der Waals surface area contributed by atoms with Crippen molar-refractivity contribution in [3.8, 4) is 0 Å². The number of rotatable bonds is 2. The van der Waals surface area contributed by atoms with Gasteiger partial charge in [0.25, 0.3) is 0 Å². The second-order valence-corrected chi connectivity index (χ2v) is 5.02. The molecule has 0 radical (unpaired) electrons. The summed E-state index contributed by atoms with van der Waals surface area (Å²) in [6.45, 7) is 3.57. The highest BCUT2D eigenvalue weighted by Crippen LogP contribution is 2.34. The van der Waals surface area contributed by atoms with Crippen LogP contribution in [0.2, 0.25) is 0 Å². The van der Waals surface area contributed by atoms with E-state index in [1.807, 2.05) is 0 Å². The van der Waals surface area contributed by atoms with Gasteiger partial charge in [-0.2, -0.15) is 13.2 Å². The first-order valence-corrected chi connectivity index (χ1v) is 6.35. The topological polar surface area (TPSA) is 12.0 Å². The molecule has 1 fully saturated rings. The third-order valence-electron chi connectivity index (χ3n) is 3.61. The Bertz CT molecular complexity index is 406. The molecule has 1 unspecified atom stereocenters. The molecule has 100 valence electrons. The molecule has 1 aliphatic rings. The molecule has 1 aliphatic heterocycles. The van der Waals surface area contributed by atoms with Crippen LogP contribution in [0.5, 0.6) is 0 Å². The molecule has 18 heavy (non-hydrogen) atoms. The van der Waals surface area contributed by atoms with Gasteiger partial charge in [0.05, 0.1) is 5.56 Å². The average molecular weight is 257 g/mol. The summed E-state index contributed by atoms with van der Waals surface area (Å²) in [7, 11) is 0. The number of nitrogens with one attached hydrogen (secondary N) is 1. The molecule has 1 heterocycles. The van der Waals surface area contributed by atoms with Crippen molar-refractivity contribution in [2.45, 2.75) is 32.4 Å². The molecule has 2 rings (SSSR count). The molecule has 0 bridgehead atoms. The second kappa shape index (κ2) is 5.31. The van der Waals surface area contributed by atoms with Crippen molar-refractivity contribution in [3.05, 3.63) is 34.9 Å². The van der Waals surface area contributed by atoms with E-state index in [4.69, 9.17) is 0 Å². The summed E-state index contributed by atoms with van der Waals surface area (Å²) in [6.07, 6.45) is -1.66. The van der Waals surface area contributed by atoms with E-state index >= 15 is 0 Å². The maximum Gasteiger partial charge on any atom is 0.416 e. The Balaban J connectivity index is 2.25. The molecule has 1 saturated heterocycles. The molecular formula is C14H18F3N. The van der Waals surface area contributed by atoms with E-state index in [-0.39, 0.29) is 0 Å². The standard InChI is InChI=1S/C14H18F3N/c1-10-4-2-6-13(14(15,16)17)12(10)8-11-5-3-7-18-9-11/h2,4,6,11,18H,3,5,7-9H2,1H3. The molecule has 0 spiro atoms. The van der Waals surface area contributed by atoms with Crippen LogP contribution >= 0.6 is 0 Å². The van der Waals surface area contributed by atoms with E-state index in [0.717, 1.165) is 31.5 Å². The van der Waals surface area contributed by atoms with Gasteiger partial charge >= 0.3 is 6.18 Å². The van der Waals surface area contributed by atoms with Crippen LogP contribution < -0.4 is 5.32 Å². The Morgan fingerprint density at radius 1 is 1.33 bits per heavy atom. The van der Waals surface area contributed by atoms with Crippen LogP contribution in [-0.2, 0) is 12.6 Å². The maximum absolute atomic E-state index is 13.0. The fourth-order valence-electron chi connectivity index (χ4n) is 2.63. The number of hydrogen-bond acceptors (Lipinski definition) is 1. The van der Waals surface area contributed by atoms with Gasteiger partial charge in [-0.1, -0.05) is 12.1 Å². The molecule has 1 aromatic rings. The Kier molecular flexibility index (Phi) is 3.95. The SMILES string of the molecule is Cc1cccc(C(F)(F)F)c1CC1CCCNC1. The first-order chi connectivity index (χ1) is 8.48. The monoisotopic (exact) mass is 257 g/mol. The summed E-state index contributed by atoms with van der Waals surface area (Å²) in [5, 5.41) is 3.25. The van der Waals surface area contributed by atoms with Crippen molar-refractivity contribution < 1.29 is 13.2 Å². The molecule has 1 nitrogen and oxygen atoms in total. The first kappa shape index (κ1) is 13.4. The minimum absolute atomic E-state index is 0.320. The van der Waals surface area contributed by atoms with Gasteiger partial charge in [-0.05, 0) is 62.4 Å². The highest BCUT2D eigenvalue weighted by molar-refractivity contribution is 5.36. The van der Waals surface area contributed by atoms with Crippen molar-refractivity contribution in [3.63, 3.8) is 0 Å². The van der Waals surface area contributed by atoms with E-state index in [9.17, 15) is 13.2 Å². The molecular weight excluding hydrogens is 239 g/mol. The van der Waals surface area contributed by atoms with Gasteiger partial charge in [0.1, 0.15) is 0 Å². The van der Waals surface area contributed by atoms with Gasteiger partial charge < -0.3 is 5.32 Å². The fourth-order valence-corrected chi connectivity index (χ4v) is 2.63. The molecule has 0 saturated carbocycles. The van der Waals surface area contributed by atoms with Crippen LogP contribution in [0.4, 0.5) is 13.2 Å². The zero-order valence-corrected chi connectivity index (χ0v) is 10.5. The number of piperidine rings is 1. The van der Waals surface area contributed by atoms with Crippen LogP contribution in [0.3, 0.4) is 0 Å². The summed E-state index contributed by atoms with van der Waals surface area (Å²) in [6, 6.07) is 4.44. The van der Waals surface area contributed by atoms with E-state index in [1.54, 1.807) is 13.0 Å². The fraction of sp³-hybridized carbons (Fsp3) is 0.571. The molecule has 1 atom stereocenters. The van der Waals surface area contributed by atoms with Crippen molar-refractivity contribution in [1.29, 1.82) is 0 Å². The minimum Gasteiger partial charge on any atom is -0.316 e. The van der Waals surface area contributed by atoms with E-state index in [2.05, 4.69) is 5.32 Å². The molecule has 0 aliphatic carbocycles. The Hall–Kier alpha value is -1.03. The van der Waals surface area contributed by atoms with Gasteiger partial charge in [0.15, 0.2) is 0 Å². The lowest BCUT2D eigenvalue weighted by Gasteiger charge is -2.25. The van der Waals surface area contributed by atoms with Gasteiger partial charge in [-0.3, -0.25) is 0 Å². The number of aryl methyl sites for hydroxylation is 1. The Morgan fingerprint density at radius 2 is 2.11 bits per heavy atom. The summed E-state index contributed by atoms with van der Waals surface area (Å²) in [5.74, 6) is 0.320. The van der Waals surface area contributed by atoms with Crippen molar-refractivity contribution >= 4 is 0 Å². The van der Waals surface area contributed by atoms with Gasteiger partial charge in [0, 0.05) is 0 Å². The third kappa shape index (κ3) is 3.05. The summed E-state index contributed by atoms with van der Waals surface area (Å²) >= 11 is 0. The second-order valence-electron chi connectivity index (χ2n) is 5.02. The first-order valence-electron chi connectivity index (χ1n) is 6.35. The van der Waals surface area contributed by atoms with Gasteiger partial charge in [0.2, 0.25) is 0 Å². The molecule has 1 N–H and O–H groups in total. The molecule has 0 amide bonds. The van der Waals surface area contributed by atoms with E-state index in [1.165, 1.54) is 12.1 Å². The third-order valence-corrected chi connectivity index (χ3v) is 3.61. The zero-order valence-electron chi connectivity index (χ0n) is 10.5. The molecule has 0 aromatic heterocycles. The van der Waals surface area contributed by atoms with Crippen molar-refractivity contribution in [1.82, 2.24) is 5.32 Å². The van der Waals surface area contributed by atoms with Crippen LogP contribution in [-0.4, -0.2) is 13.1 Å². The quantitative estimate of drug-likeness (QED) is 0.854. The van der Waals surface area contributed by atoms with Gasteiger partial charge in [-0.25, -0.2) is 0 Å². The van der Waals surface area contributed by atoms with Crippen LogP contribution in [0.15, 0.2) is 18.2 Å². The highest BCUT2D eigenvalue weighted by Gasteiger charge is 2.34. The number of alkyl halides is 3.